The van der Waals surface area contributed by atoms with Crippen molar-refractivity contribution in [3.8, 4) is 5.75 Å². The molecule has 0 aliphatic heterocycles. The Morgan fingerprint density at radius 2 is 1.90 bits per heavy atom. The fourth-order valence-electron chi connectivity index (χ4n) is 2.37. The Kier molecular flexibility index (Phi) is 4.86. The third-order valence-corrected chi connectivity index (χ3v) is 3.83. The molecule has 0 spiro atoms. The number of aliphatic hydroxyl groups is 1. The second-order valence-electron chi connectivity index (χ2n) is 5.39. The van der Waals surface area contributed by atoms with Gasteiger partial charge in [-0.1, -0.05) is 23.8 Å². The standard InChI is InChI=1S/C18H23NO2/c1-12-8-9-18(21-4)15(10-12)17(20)11-19-16-7-5-6-13(2)14(16)3/h5-10,17,19-20H,11H2,1-4H3. The second kappa shape index (κ2) is 6.64. The van der Waals surface area contributed by atoms with Gasteiger partial charge in [0.25, 0.3) is 0 Å². The summed E-state index contributed by atoms with van der Waals surface area (Å²) in [6.07, 6.45) is -0.611. The summed E-state index contributed by atoms with van der Waals surface area (Å²) in [5.41, 5.74) is 5.43. The van der Waals surface area contributed by atoms with Crippen LogP contribution in [0.3, 0.4) is 0 Å². The van der Waals surface area contributed by atoms with Crippen LogP contribution in [0.15, 0.2) is 36.4 Å². The van der Waals surface area contributed by atoms with Gasteiger partial charge >= 0.3 is 0 Å². The average Bonchev–Trinajstić information content (AvgIpc) is 2.48. The number of benzene rings is 2. The summed E-state index contributed by atoms with van der Waals surface area (Å²) in [6.45, 7) is 6.62. The van der Waals surface area contributed by atoms with E-state index in [0.717, 1.165) is 22.6 Å². The minimum atomic E-state index is -0.611. The molecule has 0 saturated carbocycles. The van der Waals surface area contributed by atoms with E-state index in [2.05, 4.69) is 25.2 Å². The summed E-state index contributed by atoms with van der Waals surface area (Å²) in [6, 6.07) is 12.0. The summed E-state index contributed by atoms with van der Waals surface area (Å²) in [7, 11) is 1.62. The molecule has 3 heteroatoms. The van der Waals surface area contributed by atoms with E-state index in [-0.39, 0.29) is 0 Å². The van der Waals surface area contributed by atoms with Gasteiger partial charge in [-0.15, -0.1) is 0 Å². The third-order valence-electron chi connectivity index (χ3n) is 3.83. The highest BCUT2D eigenvalue weighted by molar-refractivity contribution is 5.54. The molecule has 2 aromatic carbocycles. The summed E-state index contributed by atoms with van der Waals surface area (Å²) >= 11 is 0. The smallest absolute Gasteiger partial charge is 0.124 e. The molecule has 2 rings (SSSR count). The molecule has 1 atom stereocenters. The Morgan fingerprint density at radius 3 is 2.62 bits per heavy atom. The van der Waals surface area contributed by atoms with E-state index in [0.29, 0.717) is 6.54 Å². The van der Waals surface area contributed by atoms with Crippen LogP contribution in [-0.2, 0) is 0 Å². The summed E-state index contributed by atoms with van der Waals surface area (Å²) in [5, 5.41) is 13.8. The number of rotatable bonds is 5. The van der Waals surface area contributed by atoms with Crippen molar-refractivity contribution in [1.29, 1.82) is 0 Å². The Hall–Kier alpha value is -2.00. The number of hydrogen-bond acceptors (Lipinski definition) is 3. The predicted molar refractivity (Wildman–Crippen MR) is 87.1 cm³/mol. The van der Waals surface area contributed by atoms with Crippen molar-refractivity contribution in [3.63, 3.8) is 0 Å². The van der Waals surface area contributed by atoms with Crippen molar-refractivity contribution in [2.24, 2.45) is 0 Å². The van der Waals surface area contributed by atoms with Gasteiger partial charge in [0.2, 0.25) is 0 Å². The summed E-state index contributed by atoms with van der Waals surface area (Å²) in [4.78, 5) is 0. The zero-order valence-corrected chi connectivity index (χ0v) is 13.1. The van der Waals surface area contributed by atoms with Crippen molar-refractivity contribution in [1.82, 2.24) is 0 Å². The minimum Gasteiger partial charge on any atom is -0.496 e. The van der Waals surface area contributed by atoms with E-state index in [1.807, 2.05) is 37.3 Å². The van der Waals surface area contributed by atoms with Gasteiger partial charge in [-0.05, 0) is 50.1 Å². The number of methoxy groups -OCH3 is 1. The molecule has 0 aliphatic rings. The maximum absolute atomic E-state index is 10.4. The average molecular weight is 285 g/mol. The quantitative estimate of drug-likeness (QED) is 0.878. The van der Waals surface area contributed by atoms with Crippen LogP contribution in [0.1, 0.15) is 28.4 Å². The van der Waals surface area contributed by atoms with E-state index in [1.165, 1.54) is 11.1 Å². The number of aryl methyl sites for hydroxylation is 2. The van der Waals surface area contributed by atoms with Gasteiger partial charge in [0.1, 0.15) is 5.75 Å². The lowest BCUT2D eigenvalue weighted by Crippen LogP contribution is -2.14. The first-order valence-electron chi connectivity index (χ1n) is 7.15. The lowest BCUT2D eigenvalue weighted by Gasteiger charge is -2.18. The predicted octanol–water partition coefficient (Wildman–Crippen LogP) is 3.77. The van der Waals surface area contributed by atoms with Gasteiger partial charge in [-0.25, -0.2) is 0 Å². The normalized spacial score (nSPS) is 12.0. The second-order valence-corrected chi connectivity index (χ2v) is 5.39. The van der Waals surface area contributed by atoms with Crippen molar-refractivity contribution < 1.29 is 9.84 Å². The van der Waals surface area contributed by atoms with Crippen LogP contribution in [0.4, 0.5) is 5.69 Å². The lowest BCUT2D eigenvalue weighted by molar-refractivity contribution is 0.187. The van der Waals surface area contributed by atoms with Crippen LogP contribution >= 0.6 is 0 Å². The Morgan fingerprint density at radius 1 is 1.14 bits per heavy atom. The van der Waals surface area contributed by atoms with Gasteiger partial charge < -0.3 is 15.2 Å². The van der Waals surface area contributed by atoms with Crippen LogP contribution in [0.2, 0.25) is 0 Å². The zero-order chi connectivity index (χ0) is 15.4. The molecule has 0 saturated heterocycles. The number of ether oxygens (including phenoxy) is 1. The van der Waals surface area contributed by atoms with E-state index >= 15 is 0 Å². The first-order valence-corrected chi connectivity index (χ1v) is 7.15. The molecule has 1 unspecified atom stereocenters. The summed E-state index contributed by atoms with van der Waals surface area (Å²) in [5.74, 6) is 0.718. The van der Waals surface area contributed by atoms with Crippen molar-refractivity contribution in [2.45, 2.75) is 26.9 Å². The van der Waals surface area contributed by atoms with Gasteiger partial charge in [0.15, 0.2) is 0 Å². The molecule has 0 fully saturated rings. The molecule has 0 amide bonds. The highest BCUT2D eigenvalue weighted by Gasteiger charge is 2.14. The van der Waals surface area contributed by atoms with E-state index in [9.17, 15) is 5.11 Å². The molecular formula is C18H23NO2. The Bertz CT molecular complexity index is 623. The molecule has 0 aliphatic carbocycles. The number of nitrogens with one attached hydrogen (secondary N) is 1. The van der Waals surface area contributed by atoms with E-state index in [4.69, 9.17) is 4.74 Å². The third kappa shape index (κ3) is 3.56. The minimum absolute atomic E-state index is 0.449. The van der Waals surface area contributed by atoms with E-state index < -0.39 is 6.10 Å². The molecule has 0 aromatic heterocycles. The number of aliphatic hydroxyl groups excluding tert-OH is 1. The zero-order valence-electron chi connectivity index (χ0n) is 13.1. The highest BCUT2D eigenvalue weighted by atomic mass is 16.5. The largest absolute Gasteiger partial charge is 0.496 e. The van der Waals surface area contributed by atoms with Crippen LogP contribution in [0.25, 0.3) is 0 Å². The topological polar surface area (TPSA) is 41.5 Å². The van der Waals surface area contributed by atoms with Crippen molar-refractivity contribution >= 4 is 5.69 Å². The Balaban J connectivity index is 2.13. The molecule has 0 heterocycles. The van der Waals surface area contributed by atoms with Crippen LogP contribution in [0.5, 0.6) is 5.75 Å². The molecule has 0 bridgehead atoms. The van der Waals surface area contributed by atoms with E-state index in [1.54, 1.807) is 7.11 Å². The SMILES string of the molecule is COc1ccc(C)cc1C(O)CNc1cccc(C)c1C. The van der Waals surface area contributed by atoms with Gasteiger partial charge in [-0.2, -0.15) is 0 Å². The monoisotopic (exact) mass is 285 g/mol. The van der Waals surface area contributed by atoms with Gasteiger partial charge in [0.05, 0.1) is 13.2 Å². The first kappa shape index (κ1) is 15.4. The maximum Gasteiger partial charge on any atom is 0.124 e. The first-order chi connectivity index (χ1) is 10.0. The molecular weight excluding hydrogens is 262 g/mol. The summed E-state index contributed by atoms with van der Waals surface area (Å²) < 4.78 is 5.33. The van der Waals surface area contributed by atoms with Gasteiger partial charge in [-0.3, -0.25) is 0 Å². The molecule has 2 aromatic rings. The van der Waals surface area contributed by atoms with Crippen molar-refractivity contribution in [2.75, 3.05) is 19.0 Å². The van der Waals surface area contributed by atoms with Crippen LogP contribution in [0, 0.1) is 20.8 Å². The lowest BCUT2D eigenvalue weighted by atomic mass is 10.0. The molecule has 2 N–H and O–H groups in total. The highest BCUT2D eigenvalue weighted by Crippen LogP contribution is 2.27. The number of anilines is 1. The fraction of sp³-hybridized carbons (Fsp3) is 0.333. The molecule has 21 heavy (non-hydrogen) atoms. The molecule has 112 valence electrons. The van der Waals surface area contributed by atoms with Gasteiger partial charge in [0, 0.05) is 17.8 Å². The molecule has 0 radical (unpaired) electrons. The van der Waals surface area contributed by atoms with Crippen molar-refractivity contribution in [3.05, 3.63) is 58.7 Å². The maximum atomic E-state index is 10.4. The van der Waals surface area contributed by atoms with Crippen LogP contribution in [-0.4, -0.2) is 18.8 Å². The Labute approximate surface area is 126 Å². The molecule has 3 nitrogen and oxygen atoms in total. The van der Waals surface area contributed by atoms with Crippen LogP contribution < -0.4 is 10.1 Å². The fourth-order valence-corrected chi connectivity index (χ4v) is 2.37. The number of hydrogen-bond donors (Lipinski definition) is 2.